The van der Waals surface area contributed by atoms with Gasteiger partial charge in [-0.15, -0.1) is 0 Å². The number of phenolic OH excluding ortho intramolecular Hbond substituents is 1. The topological polar surface area (TPSA) is 47.9 Å². The third kappa shape index (κ3) is 3.57. The van der Waals surface area contributed by atoms with Gasteiger partial charge in [0.05, 0.1) is 7.11 Å². The van der Waals surface area contributed by atoms with E-state index in [1.54, 1.807) is 19.2 Å². The lowest BCUT2D eigenvalue weighted by molar-refractivity contribution is 0.215. The molecule has 2 rings (SSSR count). The number of phenols is 1. The Kier molecular flexibility index (Phi) is 4.71. The van der Waals surface area contributed by atoms with Gasteiger partial charge in [-0.1, -0.05) is 6.07 Å². The van der Waals surface area contributed by atoms with Crippen LogP contribution in [0.1, 0.15) is 5.56 Å². The third-order valence-electron chi connectivity index (χ3n) is 2.92. The first-order valence-corrected chi connectivity index (χ1v) is 6.39. The van der Waals surface area contributed by atoms with Gasteiger partial charge >= 0.3 is 0 Å². The fourth-order valence-corrected chi connectivity index (χ4v) is 1.74. The third-order valence-corrected chi connectivity index (χ3v) is 2.92. The van der Waals surface area contributed by atoms with Crippen molar-refractivity contribution in [3.05, 3.63) is 48.0 Å². The lowest BCUT2D eigenvalue weighted by Gasteiger charge is -2.11. The minimum Gasteiger partial charge on any atom is -0.508 e. The van der Waals surface area contributed by atoms with Crippen molar-refractivity contribution in [3.63, 3.8) is 0 Å². The molecular formula is C16H18O4. The lowest BCUT2D eigenvalue weighted by atomic mass is 10.2. The van der Waals surface area contributed by atoms with Gasteiger partial charge in [0.15, 0.2) is 0 Å². The van der Waals surface area contributed by atoms with E-state index in [0.29, 0.717) is 19.0 Å². The van der Waals surface area contributed by atoms with E-state index in [1.165, 1.54) is 0 Å². The smallest absolute Gasteiger partial charge is 0.126 e. The van der Waals surface area contributed by atoms with Crippen LogP contribution in [0.25, 0.3) is 0 Å². The minimum atomic E-state index is 0.235. The second-order valence-corrected chi connectivity index (χ2v) is 4.27. The maximum atomic E-state index is 9.56. The number of benzene rings is 2. The summed E-state index contributed by atoms with van der Waals surface area (Å²) in [5.74, 6) is 2.47. The summed E-state index contributed by atoms with van der Waals surface area (Å²) < 4.78 is 16.2. The molecule has 0 aromatic heterocycles. The molecule has 0 amide bonds. The van der Waals surface area contributed by atoms with Gasteiger partial charge in [-0.25, -0.2) is 0 Å². The highest BCUT2D eigenvalue weighted by atomic mass is 16.5. The number of rotatable bonds is 6. The molecular weight excluding hydrogens is 256 g/mol. The van der Waals surface area contributed by atoms with Crippen molar-refractivity contribution >= 4 is 0 Å². The predicted octanol–water partition coefficient (Wildman–Crippen LogP) is 3.17. The van der Waals surface area contributed by atoms with Gasteiger partial charge in [-0.2, -0.15) is 0 Å². The largest absolute Gasteiger partial charge is 0.508 e. The molecule has 0 aliphatic rings. The molecule has 2 aromatic rings. The highest BCUT2D eigenvalue weighted by Crippen LogP contribution is 2.25. The summed E-state index contributed by atoms with van der Waals surface area (Å²) in [4.78, 5) is 0. The summed E-state index contributed by atoms with van der Waals surface area (Å²) >= 11 is 0. The van der Waals surface area contributed by atoms with Gasteiger partial charge in [0.25, 0.3) is 0 Å². The summed E-state index contributed by atoms with van der Waals surface area (Å²) in [6.07, 6.45) is 0. The molecule has 0 saturated heterocycles. The van der Waals surface area contributed by atoms with E-state index < -0.39 is 0 Å². The van der Waals surface area contributed by atoms with Gasteiger partial charge < -0.3 is 19.3 Å². The normalized spacial score (nSPS) is 10.1. The summed E-state index contributed by atoms with van der Waals surface area (Å²) in [6, 6.07) is 12.6. The molecule has 20 heavy (non-hydrogen) atoms. The van der Waals surface area contributed by atoms with Crippen molar-refractivity contribution in [2.24, 2.45) is 0 Å². The first-order chi connectivity index (χ1) is 9.70. The van der Waals surface area contributed by atoms with Crippen LogP contribution in [0.3, 0.4) is 0 Å². The van der Waals surface area contributed by atoms with E-state index >= 15 is 0 Å². The molecule has 106 valence electrons. The maximum Gasteiger partial charge on any atom is 0.126 e. The number of aromatic hydroxyl groups is 1. The zero-order chi connectivity index (χ0) is 14.4. The van der Waals surface area contributed by atoms with E-state index in [-0.39, 0.29) is 5.75 Å². The second-order valence-electron chi connectivity index (χ2n) is 4.27. The molecule has 1 N–H and O–H groups in total. The molecule has 0 aliphatic heterocycles. The lowest BCUT2D eigenvalue weighted by Crippen LogP contribution is -2.09. The van der Waals surface area contributed by atoms with Crippen molar-refractivity contribution < 1.29 is 19.3 Å². The molecule has 0 heterocycles. The van der Waals surface area contributed by atoms with Crippen molar-refractivity contribution in [2.45, 2.75) is 6.92 Å². The number of hydrogen-bond donors (Lipinski definition) is 1. The fourth-order valence-electron chi connectivity index (χ4n) is 1.74. The fraction of sp³-hybridized carbons (Fsp3) is 0.250. The van der Waals surface area contributed by atoms with Crippen LogP contribution in [0.15, 0.2) is 42.5 Å². The van der Waals surface area contributed by atoms with Crippen LogP contribution >= 0.6 is 0 Å². The van der Waals surface area contributed by atoms with E-state index in [0.717, 1.165) is 17.1 Å². The van der Waals surface area contributed by atoms with Crippen molar-refractivity contribution in [3.8, 4) is 23.0 Å². The molecule has 0 fully saturated rings. The van der Waals surface area contributed by atoms with Crippen LogP contribution in [0.5, 0.6) is 23.0 Å². The van der Waals surface area contributed by atoms with Crippen molar-refractivity contribution in [1.29, 1.82) is 0 Å². The van der Waals surface area contributed by atoms with Gasteiger partial charge in [0.1, 0.15) is 36.2 Å². The van der Waals surface area contributed by atoms with Crippen molar-refractivity contribution in [1.82, 2.24) is 0 Å². The quantitative estimate of drug-likeness (QED) is 0.822. The molecule has 0 unspecified atom stereocenters. The van der Waals surface area contributed by atoms with Gasteiger partial charge in [0, 0.05) is 5.56 Å². The van der Waals surface area contributed by atoms with Crippen LogP contribution < -0.4 is 14.2 Å². The van der Waals surface area contributed by atoms with E-state index in [4.69, 9.17) is 14.2 Å². The average Bonchev–Trinajstić information content (AvgIpc) is 2.48. The van der Waals surface area contributed by atoms with Crippen LogP contribution in [0.2, 0.25) is 0 Å². The average molecular weight is 274 g/mol. The first kappa shape index (κ1) is 14.1. The zero-order valence-electron chi connectivity index (χ0n) is 11.6. The number of hydrogen-bond acceptors (Lipinski definition) is 4. The SMILES string of the molecule is COc1ccc(OCCOc2cccc(O)c2C)cc1. The van der Waals surface area contributed by atoms with E-state index in [9.17, 15) is 5.11 Å². The molecule has 0 radical (unpaired) electrons. The van der Waals surface area contributed by atoms with Crippen LogP contribution in [0.4, 0.5) is 0 Å². The Hall–Kier alpha value is -2.36. The van der Waals surface area contributed by atoms with Gasteiger partial charge in [0.2, 0.25) is 0 Å². The molecule has 0 bridgehead atoms. The Morgan fingerprint density at radius 2 is 1.55 bits per heavy atom. The Labute approximate surface area is 118 Å². The molecule has 4 heteroatoms. The molecule has 0 spiro atoms. The van der Waals surface area contributed by atoms with Crippen LogP contribution in [-0.2, 0) is 0 Å². The van der Waals surface area contributed by atoms with Gasteiger partial charge in [-0.3, -0.25) is 0 Å². The monoisotopic (exact) mass is 274 g/mol. The molecule has 0 saturated carbocycles. The summed E-state index contributed by atoms with van der Waals surface area (Å²) in [7, 11) is 1.63. The maximum absolute atomic E-state index is 9.56. The van der Waals surface area contributed by atoms with Gasteiger partial charge in [-0.05, 0) is 43.3 Å². The standard InChI is InChI=1S/C16H18O4/c1-12-15(17)4-3-5-16(12)20-11-10-19-14-8-6-13(18-2)7-9-14/h3-9,17H,10-11H2,1-2H3. The number of ether oxygens (including phenoxy) is 3. The highest BCUT2D eigenvalue weighted by molar-refractivity contribution is 5.42. The van der Waals surface area contributed by atoms with Crippen molar-refractivity contribution in [2.75, 3.05) is 20.3 Å². The summed E-state index contributed by atoms with van der Waals surface area (Å²) in [5, 5.41) is 9.56. The Balaban J connectivity index is 1.80. The highest BCUT2D eigenvalue weighted by Gasteiger charge is 2.03. The second kappa shape index (κ2) is 6.70. The van der Waals surface area contributed by atoms with E-state index in [2.05, 4.69) is 0 Å². The Bertz CT molecular complexity index is 549. The molecule has 2 aromatic carbocycles. The zero-order valence-corrected chi connectivity index (χ0v) is 11.6. The van der Waals surface area contributed by atoms with E-state index in [1.807, 2.05) is 37.3 Å². The predicted molar refractivity (Wildman–Crippen MR) is 76.8 cm³/mol. The Morgan fingerprint density at radius 3 is 2.25 bits per heavy atom. The van der Waals surface area contributed by atoms with Crippen LogP contribution in [-0.4, -0.2) is 25.4 Å². The summed E-state index contributed by atoms with van der Waals surface area (Å²) in [5.41, 5.74) is 0.733. The molecule has 0 aliphatic carbocycles. The summed E-state index contributed by atoms with van der Waals surface area (Å²) in [6.45, 7) is 2.66. The molecule has 0 atom stereocenters. The number of methoxy groups -OCH3 is 1. The van der Waals surface area contributed by atoms with Crippen LogP contribution in [0, 0.1) is 6.92 Å². The Morgan fingerprint density at radius 1 is 0.900 bits per heavy atom. The first-order valence-electron chi connectivity index (χ1n) is 6.39. The molecule has 4 nitrogen and oxygen atoms in total. The minimum absolute atomic E-state index is 0.235.